The molecule has 1 aliphatic carbocycles. The third kappa shape index (κ3) is 4.26. The molecule has 0 heterocycles. The Morgan fingerprint density at radius 3 is 2.80 bits per heavy atom. The Morgan fingerprint density at radius 1 is 1.35 bits per heavy atom. The molecular formula is C15H21N3O2. The lowest BCUT2D eigenvalue weighted by Crippen LogP contribution is -2.28. The molecule has 0 spiro atoms. The van der Waals surface area contributed by atoms with Gasteiger partial charge in [0, 0.05) is 24.7 Å². The molecule has 20 heavy (non-hydrogen) atoms. The van der Waals surface area contributed by atoms with Gasteiger partial charge in [-0.05, 0) is 38.3 Å². The summed E-state index contributed by atoms with van der Waals surface area (Å²) in [4.78, 5) is 23.4. The number of nitrogen functional groups attached to an aromatic ring is 1. The van der Waals surface area contributed by atoms with Crippen molar-refractivity contribution >= 4 is 17.5 Å². The number of nitrogens with one attached hydrogen (secondary N) is 2. The number of carbonyl (C=O) groups is 2. The molecule has 1 aromatic carbocycles. The lowest BCUT2D eigenvalue weighted by atomic mass is 10.1. The van der Waals surface area contributed by atoms with E-state index in [-0.39, 0.29) is 11.8 Å². The molecule has 5 nitrogen and oxygen atoms in total. The molecule has 1 aromatic rings. The zero-order valence-corrected chi connectivity index (χ0v) is 11.7. The predicted octanol–water partition coefficient (Wildman–Crippen LogP) is 1.37. The first-order valence-corrected chi connectivity index (χ1v) is 7.00. The highest BCUT2D eigenvalue weighted by atomic mass is 16.2. The summed E-state index contributed by atoms with van der Waals surface area (Å²) in [6.45, 7) is 2.39. The van der Waals surface area contributed by atoms with Crippen LogP contribution >= 0.6 is 0 Å². The summed E-state index contributed by atoms with van der Waals surface area (Å²) < 4.78 is 0. The van der Waals surface area contributed by atoms with Crippen molar-refractivity contribution in [1.82, 2.24) is 10.6 Å². The van der Waals surface area contributed by atoms with E-state index in [1.165, 1.54) is 0 Å². The fourth-order valence-electron chi connectivity index (χ4n) is 1.94. The molecule has 4 N–H and O–H groups in total. The Morgan fingerprint density at radius 2 is 2.10 bits per heavy atom. The summed E-state index contributed by atoms with van der Waals surface area (Å²) in [7, 11) is 0. The number of anilines is 1. The van der Waals surface area contributed by atoms with Gasteiger partial charge in [-0.15, -0.1) is 0 Å². The molecule has 0 bridgehead atoms. The molecule has 0 radical (unpaired) electrons. The maximum atomic E-state index is 12.0. The average Bonchev–Trinajstić information content (AvgIpc) is 3.21. The van der Waals surface area contributed by atoms with Crippen LogP contribution in [0.25, 0.3) is 0 Å². The lowest BCUT2D eigenvalue weighted by molar-refractivity contribution is -0.121. The predicted molar refractivity (Wildman–Crippen MR) is 78.3 cm³/mol. The lowest BCUT2D eigenvalue weighted by Gasteiger charge is -2.08. The minimum atomic E-state index is -0.186. The molecule has 0 unspecified atom stereocenters. The molecule has 1 saturated carbocycles. The smallest absolute Gasteiger partial charge is 0.253 e. The number of aryl methyl sites for hydroxylation is 1. The summed E-state index contributed by atoms with van der Waals surface area (Å²) in [6.07, 6.45) is 3.26. The van der Waals surface area contributed by atoms with Crippen molar-refractivity contribution in [3.05, 3.63) is 29.3 Å². The van der Waals surface area contributed by atoms with Gasteiger partial charge >= 0.3 is 0 Å². The molecule has 2 rings (SSSR count). The van der Waals surface area contributed by atoms with Crippen LogP contribution in [0, 0.1) is 6.92 Å². The van der Waals surface area contributed by atoms with Crippen molar-refractivity contribution < 1.29 is 9.59 Å². The third-order valence-electron chi connectivity index (χ3n) is 3.26. The van der Waals surface area contributed by atoms with E-state index in [2.05, 4.69) is 10.6 Å². The molecule has 2 amide bonds. The first-order chi connectivity index (χ1) is 9.56. The van der Waals surface area contributed by atoms with Crippen LogP contribution in [0.2, 0.25) is 0 Å². The van der Waals surface area contributed by atoms with E-state index in [0.717, 1.165) is 18.4 Å². The van der Waals surface area contributed by atoms with Gasteiger partial charge < -0.3 is 16.4 Å². The average molecular weight is 275 g/mol. The fraction of sp³-hybridized carbons (Fsp3) is 0.467. The summed E-state index contributed by atoms with van der Waals surface area (Å²) in [5.41, 5.74) is 7.74. The molecule has 0 aromatic heterocycles. The summed E-state index contributed by atoms with van der Waals surface area (Å²) in [6, 6.07) is 5.76. The highest BCUT2D eigenvalue weighted by Gasteiger charge is 2.22. The van der Waals surface area contributed by atoms with Gasteiger partial charge in [0.15, 0.2) is 0 Å². The Balaban J connectivity index is 1.71. The van der Waals surface area contributed by atoms with Crippen molar-refractivity contribution in [1.29, 1.82) is 0 Å². The summed E-state index contributed by atoms with van der Waals surface area (Å²) in [5, 5.41) is 5.71. The van der Waals surface area contributed by atoms with Gasteiger partial charge in [0.25, 0.3) is 5.91 Å². The Hall–Kier alpha value is -2.04. The van der Waals surface area contributed by atoms with Gasteiger partial charge in [0.1, 0.15) is 0 Å². The third-order valence-corrected chi connectivity index (χ3v) is 3.26. The van der Waals surface area contributed by atoms with Crippen molar-refractivity contribution in [3.63, 3.8) is 0 Å². The Kier molecular flexibility index (Phi) is 4.61. The van der Waals surface area contributed by atoms with Crippen molar-refractivity contribution in [3.8, 4) is 0 Å². The molecular weight excluding hydrogens is 254 g/mol. The van der Waals surface area contributed by atoms with Crippen LogP contribution in [0.15, 0.2) is 18.2 Å². The van der Waals surface area contributed by atoms with Crippen molar-refractivity contribution in [2.24, 2.45) is 0 Å². The first kappa shape index (κ1) is 14.4. The number of hydrogen-bond donors (Lipinski definition) is 3. The van der Waals surface area contributed by atoms with E-state index in [0.29, 0.717) is 36.7 Å². The fourth-order valence-corrected chi connectivity index (χ4v) is 1.94. The van der Waals surface area contributed by atoms with Crippen LogP contribution in [0.3, 0.4) is 0 Å². The summed E-state index contributed by atoms with van der Waals surface area (Å²) >= 11 is 0. The quantitative estimate of drug-likeness (QED) is 0.541. The van der Waals surface area contributed by atoms with Gasteiger partial charge in [-0.3, -0.25) is 9.59 Å². The normalized spacial score (nSPS) is 13.8. The number of hydrogen-bond acceptors (Lipinski definition) is 3. The standard InChI is InChI=1S/C15H21N3O2/c1-10-4-7-13(16)12(9-10)15(20)17-8-2-3-14(19)18-11-5-6-11/h4,7,9,11H,2-3,5-6,8,16H2,1H3,(H,17,20)(H,18,19). The highest BCUT2D eigenvalue weighted by Crippen LogP contribution is 2.18. The molecule has 1 fully saturated rings. The minimum Gasteiger partial charge on any atom is -0.398 e. The van der Waals surface area contributed by atoms with Gasteiger partial charge in [0.05, 0.1) is 5.56 Å². The van der Waals surface area contributed by atoms with E-state index in [4.69, 9.17) is 5.73 Å². The zero-order chi connectivity index (χ0) is 14.5. The highest BCUT2D eigenvalue weighted by molar-refractivity contribution is 5.99. The second kappa shape index (κ2) is 6.41. The van der Waals surface area contributed by atoms with Crippen LogP contribution in [0.4, 0.5) is 5.69 Å². The van der Waals surface area contributed by atoms with Crippen LogP contribution in [-0.2, 0) is 4.79 Å². The molecule has 1 aliphatic rings. The van der Waals surface area contributed by atoms with Crippen LogP contribution in [0.1, 0.15) is 41.6 Å². The molecule has 5 heteroatoms. The second-order valence-corrected chi connectivity index (χ2v) is 5.29. The SMILES string of the molecule is Cc1ccc(N)c(C(=O)NCCCC(=O)NC2CC2)c1. The van der Waals surface area contributed by atoms with Crippen LogP contribution in [0.5, 0.6) is 0 Å². The van der Waals surface area contributed by atoms with E-state index in [9.17, 15) is 9.59 Å². The van der Waals surface area contributed by atoms with E-state index < -0.39 is 0 Å². The largest absolute Gasteiger partial charge is 0.398 e. The molecule has 0 saturated heterocycles. The number of carbonyl (C=O) groups excluding carboxylic acids is 2. The molecule has 0 aliphatic heterocycles. The van der Waals surface area contributed by atoms with Gasteiger partial charge in [-0.1, -0.05) is 11.6 Å². The minimum absolute atomic E-state index is 0.0665. The second-order valence-electron chi connectivity index (χ2n) is 5.29. The van der Waals surface area contributed by atoms with Crippen molar-refractivity contribution in [2.45, 2.75) is 38.6 Å². The van der Waals surface area contributed by atoms with E-state index in [1.54, 1.807) is 12.1 Å². The number of benzene rings is 1. The Labute approximate surface area is 118 Å². The molecule has 108 valence electrons. The van der Waals surface area contributed by atoms with Gasteiger partial charge in [0.2, 0.25) is 5.91 Å². The van der Waals surface area contributed by atoms with Gasteiger partial charge in [-0.25, -0.2) is 0 Å². The van der Waals surface area contributed by atoms with Crippen molar-refractivity contribution in [2.75, 3.05) is 12.3 Å². The first-order valence-electron chi connectivity index (χ1n) is 7.00. The van der Waals surface area contributed by atoms with Gasteiger partial charge in [-0.2, -0.15) is 0 Å². The zero-order valence-electron chi connectivity index (χ0n) is 11.7. The van der Waals surface area contributed by atoms with Crippen LogP contribution in [-0.4, -0.2) is 24.4 Å². The van der Waals surface area contributed by atoms with Crippen LogP contribution < -0.4 is 16.4 Å². The monoisotopic (exact) mass is 275 g/mol. The molecule has 0 atom stereocenters. The number of amides is 2. The number of nitrogens with two attached hydrogens (primary N) is 1. The van der Waals surface area contributed by atoms with E-state index in [1.807, 2.05) is 13.0 Å². The maximum absolute atomic E-state index is 12.0. The maximum Gasteiger partial charge on any atom is 0.253 e. The van der Waals surface area contributed by atoms with E-state index >= 15 is 0 Å². The topological polar surface area (TPSA) is 84.2 Å². The summed E-state index contributed by atoms with van der Waals surface area (Å²) in [5.74, 6) is -0.120. The Bertz CT molecular complexity index is 510. The number of rotatable bonds is 6.